The molecular formula is C14H16N2O3S. The van der Waals surface area contributed by atoms with Crippen LogP contribution in [0.5, 0.6) is 0 Å². The van der Waals surface area contributed by atoms with Gasteiger partial charge >= 0.3 is 5.69 Å². The van der Waals surface area contributed by atoms with Crippen LogP contribution >= 0.6 is 11.8 Å². The largest absolute Gasteiger partial charge is 0.468 e. The predicted molar refractivity (Wildman–Crippen MR) is 79.4 cm³/mol. The van der Waals surface area contributed by atoms with E-state index >= 15 is 0 Å². The lowest BCUT2D eigenvalue weighted by atomic mass is 10.2. The first kappa shape index (κ1) is 14.5. The van der Waals surface area contributed by atoms with E-state index in [0.29, 0.717) is 17.1 Å². The van der Waals surface area contributed by atoms with E-state index in [-0.39, 0.29) is 10.6 Å². The van der Waals surface area contributed by atoms with Crippen LogP contribution < -0.4 is 5.32 Å². The van der Waals surface area contributed by atoms with E-state index in [1.165, 1.54) is 11.8 Å². The van der Waals surface area contributed by atoms with Gasteiger partial charge in [-0.1, -0.05) is 24.8 Å². The summed E-state index contributed by atoms with van der Waals surface area (Å²) in [6, 6.07) is 7.13. The summed E-state index contributed by atoms with van der Waals surface area (Å²) >= 11 is 1.35. The van der Waals surface area contributed by atoms with E-state index in [1.54, 1.807) is 18.4 Å². The molecule has 0 aliphatic rings. The van der Waals surface area contributed by atoms with Crippen LogP contribution in [0.25, 0.3) is 0 Å². The number of aryl methyl sites for hydroxylation is 1. The highest BCUT2D eigenvalue weighted by molar-refractivity contribution is 7.99. The van der Waals surface area contributed by atoms with Crippen LogP contribution in [0.1, 0.15) is 19.1 Å². The van der Waals surface area contributed by atoms with Crippen LogP contribution in [0.15, 0.2) is 44.7 Å². The molecule has 20 heavy (non-hydrogen) atoms. The average molecular weight is 292 g/mol. The first-order valence-corrected chi connectivity index (χ1v) is 7.18. The van der Waals surface area contributed by atoms with Crippen molar-refractivity contribution >= 4 is 23.1 Å². The summed E-state index contributed by atoms with van der Waals surface area (Å²) in [4.78, 5) is 12.5. The van der Waals surface area contributed by atoms with E-state index in [9.17, 15) is 10.1 Å². The van der Waals surface area contributed by atoms with Gasteiger partial charge in [-0.05, 0) is 31.5 Å². The van der Waals surface area contributed by atoms with E-state index < -0.39 is 0 Å². The highest BCUT2D eigenvalue weighted by atomic mass is 32.2. The maximum absolute atomic E-state index is 11.3. The number of para-hydroxylation sites is 1. The average Bonchev–Trinajstić information content (AvgIpc) is 2.81. The monoisotopic (exact) mass is 292 g/mol. The number of hydrogen-bond donors (Lipinski definition) is 1. The van der Waals surface area contributed by atoms with Gasteiger partial charge in [-0.2, -0.15) is 0 Å². The molecule has 6 heteroatoms. The fourth-order valence-electron chi connectivity index (χ4n) is 1.79. The van der Waals surface area contributed by atoms with Crippen molar-refractivity contribution in [1.29, 1.82) is 0 Å². The van der Waals surface area contributed by atoms with Gasteiger partial charge in [0.1, 0.15) is 11.4 Å². The molecular weight excluding hydrogens is 276 g/mol. The Bertz CT molecular complexity index is 610. The van der Waals surface area contributed by atoms with Gasteiger partial charge in [-0.3, -0.25) is 10.1 Å². The maximum atomic E-state index is 11.3. The number of furan rings is 1. The van der Waals surface area contributed by atoms with Crippen LogP contribution in [0.4, 0.5) is 11.4 Å². The third-order valence-electron chi connectivity index (χ3n) is 2.78. The summed E-state index contributed by atoms with van der Waals surface area (Å²) in [5.74, 6) is 0.760. The standard InChI is InChI=1S/C14H16N2O3S/c1-3-8-15-11-5-4-6-13(14(11)16(17)18)20-12-7-9-19-10(12)2/h4-7,9,15H,3,8H2,1-2H3. The second-order valence-corrected chi connectivity index (χ2v) is 5.36. The second kappa shape index (κ2) is 6.47. The number of nitro benzene ring substituents is 1. The number of nitrogens with one attached hydrogen (secondary N) is 1. The number of hydrogen-bond acceptors (Lipinski definition) is 5. The SMILES string of the molecule is CCCNc1cccc(Sc2ccoc2C)c1[N+](=O)[O-]. The molecule has 0 aliphatic heterocycles. The molecule has 0 unspecified atom stereocenters. The summed E-state index contributed by atoms with van der Waals surface area (Å²) in [6.07, 6.45) is 2.50. The van der Waals surface area contributed by atoms with Crippen LogP contribution in [0.3, 0.4) is 0 Å². The summed E-state index contributed by atoms with van der Waals surface area (Å²) in [6.45, 7) is 4.57. The second-order valence-electron chi connectivity index (χ2n) is 4.28. The molecule has 1 heterocycles. The van der Waals surface area contributed by atoms with Crippen molar-refractivity contribution < 1.29 is 9.34 Å². The third-order valence-corrected chi connectivity index (χ3v) is 3.97. The minimum Gasteiger partial charge on any atom is -0.468 e. The first-order chi connectivity index (χ1) is 9.63. The van der Waals surface area contributed by atoms with Gasteiger partial charge < -0.3 is 9.73 Å². The summed E-state index contributed by atoms with van der Waals surface area (Å²) in [5, 5.41) is 14.4. The molecule has 1 aromatic heterocycles. The number of benzene rings is 1. The molecule has 5 nitrogen and oxygen atoms in total. The zero-order valence-electron chi connectivity index (χ0n) is 11.4. The van der Waals surface area contributed by atoms with Crippen LogP contribution in [-0.4, -0.2) is 11.5 Å². The maximum Gasteiger partial charge on any atom is 0.306 e. The topological polar surface area (TPSA) is 68.3 Å². The third kappa shape index (κ3) is 3.14. The Labute approximate surface area is 121 Å². The normalized spacial score (nSPS) is 10.5. The minimum absolute atomic E-state index is 0.117. The molecule has 0 aliphatic carbocycles. The Morgan fingerprint density at radius 3 is 2.75 bits per heavy atom. The van der Waals surface area contributed by atoms with Crippen LogP contribution in [-0.2, 0) is 0 Å². The molecule has 2 rings (SSSR count). The number of anilines is 1. The summed E-state index contributed by atoms with van der Waals surface area (Å²) in [7, 11) is 0. The Hall–Kier alpha value is -1.95. The molecule has 0 saturated heterocycles. The molecule has 0 spiro atoms. The number of nitro groups is 1. The Balaban J connectivity index is 2.36. The Kier molecular flexibility index (Phi) is 4.68. The van der Waals surface area contributed by atoms with Crippen molar-refractivity contribution in [1.82, 2.24) is 0 Å². The quantitative estimate of drug-likeness (QED) is 0.628. The van der Waals surface area contributed by atoms with Crippen LogP contribution in [0.2, 0.25) is 0 Å². The van der Waals surface area contributed by atoms with Gasteiger partial charge in [-0.15, -0.1) is 0 Å². The van der Waals surface area contributed by atoms with Crippen molar-refractivity contribution in [3.05, 3.63) is 46.4 Å². The fourth-order valence-corrected chi connectivity index (χ4v) is 2.77. The van der Waals surface area contributed by atoms with Gasteiger partial charge in [0.15, 0.2) is 0 Å². The molecule has 106 valence electrons. The van der Waals surface area contributed by atoms with Crippen molar-refractivity contribution in [2.45, 2.75) is 30.1 Å². The van der Waals surface area contributed by atoms with Gasteiger partial charge in [0.05, 0.1) is 21.0 Å². The molecule has 0 atom stereocenters. The minimum atomic E-state index is -0.338. The molecule has 0 radical (unpaired) electrons. The molecule has 1 aromatic carbocycles. The zero-order valence-corrected chi connectivity index (χ0v) is 12.2. The number of nitrogens with zero attached hydrogens (tertiary/aromatic N) is 1. The molecule has 0 amide bonds. The van der Waals surface area contributed by atoms with Gasteiger partial charge in [0.2, 0.25) is 0 Å². The zero-order chi connectivity index (χ0) is 14.5. The van der Waals surface area contributed by atoms with Crippen molar-refractivity contribution in [3.63, 3.8) is 0 Å². The van der Waals surface area contributed by atoms with Crippen molar-refractivity contribution in [3.8, 4) is 0 Å². The number of rotatable bonds is 6. The highest BCUT2D eigenvalue weighted by Crippen LogP contribution is 2.40. The highest BCUT2D eigenvalue weighted by Gasteiger charge is 2.21. The molecule has 1 N–H and O–H groups in total. The fraction of sp³-hybridized carbons (Fsp3) is 0.286. The molecule has 0 bridgehead atoms. The smallest absolute Gasteiger partial charge is 0.306 e. The van der Waals surface area contributed by atoms with E-state index in [0.717, 1.165) is 17.1 Å². The predicted octanol–water partition coefficient (Wildman–Crippen LogP) is 4.47. The van der Waals surface area contributed by atoms with Gasteiger partial charge in [0, 0.05) is 6.54 Å². The lowest BCUT2D eigenvalue weighted by Gasteiger charge is -2.09. The molecule has 0 saturated carbocycles. The van der Waals surface area contributed by atoms with E-state index in [1.807, 2.05) is 26.0 Å². The van der Waals surface area contributed by atoms with Crippen molar-refractivity contribution in [2.75, 3.05) is 11.9 Å². The van der Waals surface area contributed by atoms with Gasteiger partial charge in [-0.25, -0.2) is 0 Å². The Morgan fingerprint density at radius 2 is 2.15 bits per heavy atom. The van der Waals surface area contributed by atoms with Crippen LogP contribution in [0, 0.1) is 17.0 Å². The lowest BCUT2D eigenvalue weighted by Crippen LogP contribution is -2.03. The lowest BCUT2D eigenvalue weighted by molar-refractivity contribution is -0.386. The summed E-state index contributed by atoms with van der Waals surface area (Å²) in [5.41, 5.74) is 0.676. The Morgan fingerprint density at radius 1 is 1.35 bits per heavy atom. The van der Waals surface area contributed by atoms with Gasteiger partial charge in [0.25, 0.3) is 0 Å². The first-order valence-electron chi connectivity index (χ1n) is 6.36. The molecule has 2 aromatic rings. The van der Waals surface area contributed by atoms with Crippen molar-refractivity contribution in [2.24, 2.45) is 0 Å². The van der Waals surface area contributed by atoms with E-state index in [2.05, 4.69) is 5.32 Å². The molecule has 0 fully saturated rings. The van der Waals surface area contributed by atoms with E-state index in [4.69, 9.17) is 4.42 Å². The summed E-state index contributed by atoms with van der Waals surface area (Å²) < 4.78 is 5.23.